The summed E-state index contributed by atoms with van der Waals surface area (Å²) in [6.45, 7) is 0.932. The molecule has 5 nitrogen and oxygen atoms in total. The molecule has 3 aromatic rings. The number of benzene rings is 2. The van der Waals surface area contributed by atoms with Crippen molar-refractivity contribution in [2.24, 2.45) is 0 Å². The lowest BCUT2D eigenvalue weighted by atomic mass is 9.89. The van der Waals surface area contributed by atoms with E-state index in [0.29, 0.717) is 44.6 Å². The second-order valence-electron chi connectivity index (χ2n) is 7.48. The Morgan fingerprint density at radius 1 is 1.20 bits per heavy atom. The van der Waals surface area contributed by atoms with Gasteiger partial charge in [0.15, 0.2) is 5.43 Å². The van der Waals surface area contributed by atoms with Crippen LogP contribution in [0.15, 0.2) is 45.6 Å². The summed E-state index contributed by atoms with van der Waals surface area (Å²) in [7, 11) is 5.24. The molecule has 1 aromatic heterocycles. The molecular weight excluding hydrogens is 422 g/mol. The van der Waals surface area contributed by atoms with Crippen molar-refractivity contribution < 1.29 is 13.9 Å². The van der Waals surface area contributed by atoms with Crippen LogP contribution < -0.4 is 14.9 Å². The van der Waals surface area contributed by atoms with Gasteiger partial charge in [0, 0.05) is 41.0 Å². The number of likely N-dealkylation sites (tertiary alicyclic amines) is 1. The van der Waals surface area contributed by atoms with Crippen LogP contribution in [0.5, 0.6) is 11.5 Å². The number of likely N-dealkylation sites (N-methyl/N-ethyl adjacent to an activating group) is 1. The summed E-state index contributed by atoms with van der Waals surface area (Å²) in [5.41, 5.74) is 1.85. The smallest absolute Gasteiger partial charge is 0.197 e. The van der Waals surface area contributed by atoms with Gasteiger partial charge in [-0.25, -0.2) is 0 Å². The molecule has 1 aliphatic heterocycles. The highest BCUT2D eigenvalue weighted by molar-refractivity contribution is 7.80. The van der Waals surface area contributed by atoms with Crippen molar-refractivity contribution in [3.8, 4) is 22.8 Å². The van der Waals surface area contributed by atoms with Crippen LogP contribution in [0, 0.1) is 0 Å². The van der Waals surface area contributed by atoms with E-state index < -0.39 is 0 Å². The number of ether oxygens (including phenoxy) is 2. The third-order valence-corrected chi connectivity index (χ3v) is 6.63. The fourth-order valence-corrected chi connectivity index (χ4v) is 5.15. The number of hydrogen-bond donors (Lipinski definition) is 1. The minimum absolute atomic E-state index is 0.112. The summed E-state index contributed by atoms with van der Waals surface area (Å²) in [4.78, 5) is 15.5. The molecule has 7 heteroatoms. The van der Waals surface area contributed by atoms with Crippen LogP contribution in [0.25, 0.3) is 22.3 Å². The van der Waals surface area contributed by atoms with Crippen molar-refractivity contribution in [1.82, 2.24) is 4.90 Å². The van der Waals surface area contributed by atoms with E-state index in [9.17, 15) is 4.79 Å². The fraction of sp³-hybridized carbons (Fsp3) is 0.348. The van der Waals surface area contributed by atoms with Gasteiger partial charge in [0.1, 0.15) is 28.2 Å². The highest BCUT2D eigenvalue weighted by Gasteiger charge is 2.36. The normalized spacial score (nSPS) is 19.4. The van der Waals surface area contributed by atoms with E-state index in [2.05, 4.69) is 24.6 Å². The molecule has 0 saturated carbocycles. The lowest BCUT2D eigenvalue weighted by Gasteiger charge is -2.25. The molecule has 4 rings (SSSR count). The first-order valence-electron chi connectivity index (χ1n) is 9.78. The summed E-state index contributed by atoms with van der Waals surface area (Å²) < 4.78 is 17.6. The molecule has 2 unspecified atom stereocenters. The topological polar surface area (TPSA) is 51.9 Å². The molecule has 0 bridgehead atoms. The number of halogens is 1. The van der Waals surface area contributed by atoms with Gasteiger partial charge in [-0.2, -0.15) is 12.6 Å². The second-order valence-corrected chi connectivity index (χ2v) is 8.25. The molecule has 1 fully saturated rings. The Morgan fingerprint density at radius 2 is 1.93 bits per heavy atom. The highest BCUT2D eigenvalue weighted by Crippen LogP contribution is 2.45. The number of nitrogens with zero attached hydrogens (tertiary/aromatic N) is 1. The highest BCUT2D eigenvalue weighted by atomic mass is 35.5. The molecular formula is C23H24ClNO4S. The maximum Gasteiger partial charge on any atom is 0.197 e. The zero-order valence-corrected chi connectivity index (χ0v) is 18.8. The fourth-order valence-electron chi connectivity index (χ4n) is 4.38. The largest absolute Gasteiger partial charge is 0.496 e. The van der Waals surface area contributed by atoms with E-state index in [1.807, 2.05) is 18.2 Å². The molecule has 0 radical (unpaired) electrons. The van der Waals surface area contributed by atoms with Crippen LogP contribution in [-0.2, 0) is 0 Å². The molecule has 0 spiro atoms. The lowest BCUT2D eigenvalue weighted by Crippen LogP contribution is -2.30. The van der Waals surface area contributed by atoms with Crippen LogP contribution in [0.2, 0.25) is 5.02 Å². The van der Waals surface area contributed by atoms with E-state index in [1.165, 1.54) is 13.2 Å². The van der Waals surface area contributed by atoms with Crippen molar-refractivity contribution in [2.45, 2.75) is 18.4 Å². The van der Waals surface area contributed by atoms with Crippen LogP contribution >= 0.6 is 24.2 Å². The van der Waals surface area contributed by atoms with Gasteiger partial charge in [-0.15, -0.1) is 0 Å². The monoisotopic (exact) mass is 445 g/mol. The summed E-state index contributed by atoms with van der Waals surface area (Å²) in [5.74, 6) is 2.29. The molecule has 0 amide bonds. The van der Waals surface area contributed by atoms with Crippen LogP contribution in [-0.4, -0.2) is 44.5 Å². The van der Waals surface area contributed by atoms with Crippen molar-refractivity contribution in [2.75, 3.05) is 33.6 Å². The van der Waals surface area contributed by atoms with Gasteiger partial charge >= 0.3 is 0 Å². The average molecular weight is 446 g/mol. The predicted octanol–water partition coefficient (Wildman–Crippen LogP) is 4.85. The van der Waals surface area contributed by atoms with E-state index in [1.54, 1.807) is 19.2 Å². The van der Waals surface area contributed by atoms with E-state index in [-0.39, 0.29) is 17.4 Å². The van der Waals surface area contributed by atoms with Gasteiger partial charge < -0.3 is 18.8 Å². The van der Waals surface area contributed by atoms with Gasteiger partial charge in [-0.1, -0.05) is 23.7 Å². The Bertz CT molecular complexity index is 1150. The molecule has 2 atom stereocenters. The Morgan fingerprint density at radius 3 is 2.60 bits per heavy atom. The van der Waals surface area contributed by atoms with Gasteiger partial charge in [0.25, 0.3) is 0 Å². The Balaban J connectivity index is 2.07. The van der Waals surface area contributed by atoms with Gasteiger partial charge in [0.2, 0.25) is 0 Å². The van der Waals surface area contributed by atoms with Gasteiger partial charge in [-0.3, -0.25) is 4.79 Å². The third kappa shape index (κ3) is 3.47. The molecule has 1 saturated heterocycles. The third-order valence-electron chi connectivity index (χ3n) is 5.93. The van der Waals surface area contributed by atoms with Gasteiger partial charge in [0.05, 0.1) is 19.2 Å². The molecule has 2 heterocycles. The summed E-state index contributed by atoms with van der Waals surface area (Å²) in [5, 5.41) is 0.932. The SMILES string of the molecule is COc1cc(OC)c2c(=O)cc(-c3ccccc3Cl)oc2c1C1CCN(C)C1CS. The Hall–Kier alpha value is -2.15. The summed E-state index contributed by atoms with van der Waals surface area (Å²) in [6.07, 6.45) is 0.916. The molecule has 0 aliphatic carbocycles. The molecule has 1 aliphatic rings. The molecule has 158 valence electrons. The number of rotatable bonds is 5. The zero-order valence-electron chi connectivity index (χ0n) is 17.1. The van der Waals surface area contributed by atoms with Crippen LogP contribution in [0.1, 0.15) is 17.9 Å². The summed E-state index contributed by atoms with van der Waals surface area (Å²) in [6, 6.07) is 10.8. The second kappa shape index (κ2) is 8.53. The quantitative estimate of drug-likeness (QED) is 0.569. The first-order valence-corrected chi connectivity index (χ1v) is 10.8. The van der Waals surface area contributed by atoms with Crippen LogP contribution in [0.3, 0.4) is 0 Å². The number of methoxy groups -OCH3 is 2. The van der Waals surface area contributed by atoms with Crippen molar-refractivity contribution >= 4 is 35.2 Å². The summed E-state index contributed by atoms with van der Waals surface area (Å²) >= 11 is 11.0. The Kier molecular flexibility index (Phi) is 6.00. The molecule has 0 N–H and O–H groups in total. The van der Waals surface area contributed by atoms with Crippen molar-refractivity contribution in [3.63, 3.8) is 0 Å². The molecule has 30 heavy (non-hydrogen) atoms. The minimum Gasteiger partial charge on any atom is -0.496 e. The molecule has 2 aromatic carbocycles. The van der Waals surface area contributed by atoms with Crippen molar-refractivity contribution in [3.05, 3.63) is 57.2 Å². The Labute approximate surface area is 185 Å². The lowest BCUT2D eigenvalue weighted by molar-refractivity contribution is 0.319. The van der Waals surface area contributed by atoms with E-state index in [4.69, 9.17) is 25.5 Å². The van der Waals surface area contributed by atoms with Crippen LogP contribution in [0.4, 0.5) is 0 Å². The number of thiol groups is 1. The number of fused-ring (bicyclic) bond motifs is 1. The maximum atomic E-state index is 13.2. The minimum atomic E-state index is -0.180. The average Bonchev–Trinajstić information content (AvgIpc) is 3.12. The van der Waals surface area contributed by atoms with Crippen molar-refractivity contribution in [1.29, 1.82) is 0 Å². The van der Waals surface area contributed by atoms with E-state index >= 15 is 0 Å². The standard InChI is InChI=1S/C23H24ClNO4S/c1-25-9-8-14(16(25)12-30)21-19(27-2)11-20(28-3)22-17(26)10-18(29-23(21)22)13-6-4-5-7-15(13)24/h4-7,10-11,14,16,30H,8-9,12H2,1-3H3. The van der Waals surface area contributed by atoms with E-state index in [0.717, 1.165) is 18.5 Å². The predicted molar refractivity (Wildman–Crippen MR) is 124 cm³/mol. The zero-order chi connectivity index (χ0) is 21.4. The first kappa shape index (κ1) is 21.1. The number of hydrogen-bond acceptors (Lipinski definition) is 6. The first-order chi connectivity index (χ1) is 14.5. The maximum absolute atomic E-state index is 13.2. The van der Waals surface area contributed by atoms with Gasteiger partial charge in [-0.05, 0) is 32.1 Å².